The maximum atomic E-state index is 12.8. The smallest absolute Gasteiger partial charge is 0.282 e. The molecule has 0 unspecified atom stereocenters. The van der Waals surface area contributed by atoms with Crippen molar-refractivity contribution >= 4 is 10.2 Å². The van der Waals surface area contributed by atoms with Crippen LogP contribution in [0.3, 0.4) is 0 Å². The molecule has 0 N–H and O–H groups in total. The van der Waals surface area contributed by atoms with E-state index in [2.05, 4.69) is 15.0 Å². The van der Waals surface area contributed by atoms with Crippen LogP contribution in [0.25, 0.3) is 0 Å². The molecule has 0 amide bonds. The summed E-state index contributed by atoms with van der Waals surface area (Å²) in [7, 11) is -1.46. The molecule has 1 aliphatic rings. The first-order valence-electron chi connectivity index (χ1n) is 8.29. The maximum Gasteiger partial charge on any atom is 0.282 e. The summed E-state index contributed by atoms with van der Waals surface area (Å²) in [6.07, 6.45) is 3.22. The predicted molar refractivity (Wildman–Crippen MR) is 88.9 cm³/mol. The summed E-state index contributed by atoms with van der Waals surface area (Å²) in [5.41, 5.74) is 0. The topological polar surface area (TPSA) is 74.6 Å². The number of aromatic nitrogens is 3. The molecule has 2 rings (SSSR count). The predicted octanol–water partition coefficient (Wildman–Crippen LogP) is 0.300. The first-order chi connectivity index (χ1) is 11.0. The Bertz CT molecular complexity index is 574. The SMILES string of the molecule is CCCN(CCC)S(=O)(=O)N1CCN(Cc2ncnn2C)CC1. The molecular formula is C14H28N6O2S. The molecule has 0 saturated carbocycles. The summed E-state index contributed by atoms with van der Waals surface area (Å²) in [6, 6.07) is 0. The van der Waals surface area contributed by atoms with Gasteiger partial charge >= 0.3 is 0 Å². The van der Waals surface area contributed by atoms with Crippen molar-refractivity contribution < 1.29 is 8.42 Å². The first kappa shape index (κ1) is 18.3. The van der Waals surface area contributed by atoms with Gasteiger partial charge in [0.05, 0.1) is 6.54 Å². The van der Waals surface area contributed by atoms with Gasteiger partial charge in [0, 0.05) is 46.3 Å². The summed E-state index contributed by atoms with van der Waals surface area (Å²) in [5.74, 6) is 0.903. The Morgan fingerprint density at radius 1 is 1.13 bits per heavy atom. The molecule has 8 nitrogen and oxygen atoms in total. The lowest BCUT2D eigenvalue weighted by atomic mass is 10.3. The number of hydrogen-bond acceptors (Lipinski definition) is 5. The molecule has 9 heteroatoms. The third kappa shape index (κ3) is 4.50. The van der Waals surface area contributed by atoms with Crippen LogP contribution in [0, 0.1) is 0 Å². The molecular weight excluding hydrogens is 316 g/mol. The van der Waals surface area contributed by atoms with Crippen molar-refractivity contribution in [3.63, 3.8) is 0 Å². The fourth-order valence-corrected chi connectivity index (χ4v) is 4.56. The van der Waals surface area contributed by atoms with Crippen LogP contribution in [0.15, 0.2) is 6.33 Å². The Hall–Kier alpha value is -1.03. The third-order valence-corrected chi connectivity index (χ3v) is 6.14. The van der Waals surface area contributed by atoms with E-state index in [1.807, 2.05) is 20.9 Å². The van der Waals surface area contributed by atoms with E-state index in [0.717, 1.165) is 31.8 Å². The monoisotopic (exact) mass is 344 g/mol. The van der Waals surface area contributed by atoms with E-state index >= 15 is 0 Å². The zero-order valence-corrected chi connectivity index (χ0v) is 15.2. The Morgan fingerprint density at radius 2 is 1.74 bits per heavy atom. The van der Waals surface area contributed by atoms with Gasteiger partial charge in [-0.2, -0.15) is 22.1 Å². The van der Waals surface area contributed by atoms with Crippen molar-refractivity contribution in [2.75, 3.05) is 39.3 Å². The van der Waals surface area contributed by atoms with Crippen molar-refractivity contribution in [2.24, 2.45) is 7.05 Å². The summed E-state index contributed by atoms with van der Waals surface area (Å²) in [4.78, 5) is 6.45. The standard InChI is InChI=1S/C14H28N6O2S/c1-4-6-19(7-5-2)23(21,22)20-10-8-18(9-11-20)12-14-15-13-16-17(14)3/h13H,4-12H2,1-3H3. The number of aryl methyl sites for hydroxylation is 1. The fraction of sp³-hybridized carbons (Fsp3) is 0.857. The van der Waals surface area contributed by atoms with Gasteiger partial charge in [0.15, 0.2) is 0 Å². The van der Waals surface area contributed by atoms with Gasteiger partial charge in [0.1, 0.15) is 12.2 Å². The third-order valence-electron chi connectivity index (χ3n) is 4.10. The molecule has 0 atom stereocenters. The average molecular weight is 344 g/mol. The van der Waals surface area contributed by atoms with Crippen LogP contribution in [0.2, 0.25) is 0 Å². The second-order valence-electron chi connectivity index (χ2n) is 5.88. The highest BCUT2D eigenvalue weighted by Crippen LogP contribution is 2.14. The van der Waals surface area contributed by atoms with Crippen LogP contribution in [0.4, 0.5) is 0 Å². The number of hydrogen-bond donors (Lipinski definition) is 0. The Labute approximate surface area is 139 Å². The Kier molecular flexibility index (Phi) is 6.51. The highest BCUT2D eigenvalue weighted by atomic mass is 32.2. The lowest BCUT2D eigenvalue weighted by molar-refractivity contribution is 0.169. The normalized spacial score (nSPS) is 17.9. The second-order valence-corrected chi connectivity index (χ2v) is 7.81. The van der Waals surface area contributed by atoms with Gasteiger partial charge < -0.3 is 0 Å². The van der Waals surface area contributed by atoms with Gasteiger partial charge in [0.25, 0.3) is 10.2 Å². The van der Waals surface area contributed by atoms with E-state index in [-0.39, 0.29) is 0 Å². The van der Waals surface area contributed by atoms with Crippen LogP contribution in [-0.4, -0.2) is 76.0 Å². The van der Waals surface area contributed by atoms with E-state index in [0.29, 0.717) is 32.7 Å². The van der Waals surface area contributed by atoms with Gasteiger partial charge in [-0.3, -0.25) is 9.58 Å². The highest BCUT2D eigenvalue weighted by molar-refractivity contribution is 7.86. The zero-order valence-electron chi connectivity index (χ0n) is 14.3. The van der Waals surface area contributed by atoms with E-state index in [1.165, 1.54) is 0 Å². The zero-order chi connectivity index (χ0) is 16.9. The van der Waals surface area contributed by atoms with Crippen LogP contribution in [0.5, 0.6) is 0 Å². The summed E-state index contributed by atoms with van der Waals surface area (Å²) >= 11 is 0. The molecule has 1 aromatic rings. The molecule has 1 aliphatic heterocycles. The van der Waals surface area contributed by atoms with Crippen LogP contribution >= 0.6 is 0 Å². The quantitative estimate of drug-likeness (QED) is 0.678. The fourth-order valence-electron chi connectivity index (χ4n) is 2.79. The van der Waals surface area contributed by atoms with E-state index in [9.17, 15) is 8.42 Å². The summed E-state index contributed by atoms with van der Waals surface area (Å²) in [5, 5.41) is 4.07. The molecule has 1 aromatic heterocycles. The molecule has 2 heterocycles. The first-order valence-corrected chi connectivity index (χ1v) is 9.69. The number of rotatable bonds is 8. The molecule has 23 heavy (non-hydrogen) atoms. The van der Waals surface area contributed by atoms with Crippen LogP contribution in [0.1, 0.15) is 32.5 Å². The van der Waals surface area contributed by atoms with Gasteiger partial charge in [-0.25, -0.2) is 4.98 Å². The molecule has 1 saturated heterocycles. The second kappa shape index (κ2) is 8.18. The Morgan fingerprint density at radius 3 is 2.22 bits per heavy atom. The molecule has 132 valence electrons. The summed E-state index contributed by atoms with van der Waals surface area (Å²) < 4.78 is 30.5. The largest absolute Gasteiger partial charge is 0.293 e. The van der Waals surface area contributed by atoms with Crippen molar-refractivity contribution in [3.05, 3.63) is 12.2 Å². The number of nitrogens with zero attached hydrogens (tertiary/aromatic N) is 6. The van der Waals surface area contributed by atoms with Gasteiger partial charge in [0.2, 0.25) is 0 Å². The maximum absolute atomic E-state index is 12.8. The minimum absolute atomic E-state index is 0.532. The number of piperazine rings is 1. The van der Waals surface area contributed by atoms with E-state index in [4.69, 9.17) is 0 Å². The molecule has 0 radical (unpaired) electrons. The van der Waals surface area contributed by atoms with E-state index < -0.39 is 10.2 Å². The molecule has 0 bridgehead atoms. The van der Waals surface area contributed by atoms with Crippen molar-refractivity contribution in [3.8, 4) is 0 Å². The van der Waals surface area contributed by atoms with Crippen molar-refractivity contribution in [1.82, 2.24) is 28.3 Å². The molecule has 0 aliphatic carbocycles. The summed E-state index contributed by atoms with van der Waals surface area (Å²) in [6.45, 7) is 8.42. The minimum Gasteiger partial charge on any atom is -0.293 e. The van der Waals surface area contributed by atoms with Crippen molar-refractivity contribution in [2.45, 2.75) is 33.2 Å². The lowest BCUT2D eigenvalue weighted by Gasteiger charge is -2.36. The van der Waals surface area contributed by atoms with Crippen molar-refractivity contribution in [1.29, 1.82) is 0 Å². The Balaban J connectivity index is 1.93. The van der Waals surface area contributed by atoms with Crippen LogP contribution < -0.4 is 0 Å². The van der Waals surface area contributed by atoms with Gasteiger partial charge in [-0.1, -0.05) is 13.8 Å². The van der Waals surface area contributed by atoms with E-state index in [1.54, 1.807) is 19.6 Å². The molecule has 0 spiro atoms. The average Bonchev–Trinajstić information content (AvgIpc) is 2.93. The highest BCUT2D eigenvalue weighted by Gasteiger charge is 2.31. The van der Waals surface area contributed by atoms with Gasteiger partial charge in [-0.15, -0.1) is 0 Å². The molecule has 1 fully saturated rings. The molecule has 0 aromatic carbocycles. The lowest BCUT2D eigenvalue weighted by Crippen LogP contribution is -2.53. The van der Waals surface area contributed by atoms with Crippen LogP contribution in [-0.2, 0) is 23.8 Å². The minimum atomic E-state index is -3.34. The van der Waals surface area contributed by atoms with Gasteiger partial charge in [-0.05, 0) is 12.8 Å².